The second-order valence-electron chi connectivity index (χ2n) is 11.7. The largest absolute Gasteiger partial charge is 0.310 e. The van der Waals surface area contributed by atoms with E-state index in [9.17, 15) is 0 Å². The van der Waals surface area contributed by atoms with E-state index in [-0.39, 0.29) is 0 Å². The number of aromatic nitrogens is 3. The molecule has 0 aliphatic rings. The van der Waals surface area contributed by atoms with Crippen LogP contribution in [0.2, 0.25) is 0 Å². The van der Waals surface area contributed by atoms with Crippen molar-refractivity contribution in [1.82, 2.24) is 14.1 Å². The number of anilines is 3. The smallest absolute Gasteiger partial charge is 0.145 e. The lowest BCUT2D eigenvalue weighted by Gasteiger charge is -2.26. The molecule has 0 saturated carbocycles. The van der Waals surface area contributed by atoms with E-state index in [1.807, 2.05) is 12.1 Å². The van der Waals surface area contributed by atoms with Crippen molar-refractivity contribution in [3.63, 3.8) is 0 Å². The maximum absolute atomic E-state index is 5.09. The fraction of sp³-hybridized carbons (Fsp3) is 0. The molecule has 4 heteroatoms. The van der Waals surface area contributed by atoms with Crippen molar-refractivity contribution in [3.8, 4) is 22.8 Å². The van der Waals surface area contributed by atoms with Crippen LogP contribution in [0, 0.1) is 0 Å². The molecule has 4 nitrogen and oxygen atoms in total. The molecular weight excluding hydrogens is 573 g/mol. The van der Waals surface area contributed by atoms with Gasteiger partial charge < -0.3 is 9.47 Å². The molecule has 0 fully saturated rings. The third-order valence-corrected chi connectivity index (χ3v) is 8.90. The maximum atomic E-state index is 5.09. The van der Waals surface area contributed by atoms with Gasteiger partial charge in [-0.15, -0.1) is 0 Å². The van der Waals surface area contributed by atoms with Gasteiger partial charge in [-0.3, -0.25) is 4.57 Å². The topological polar surface area (TPSA) is 26.0 Å². The second kappa shape index (κ2) is 11.2. The van der Waals surface area contributed by atoms with Crippen molar-refractivity contribution >= 4 is 49.9 Å². The lowest BCUT2D eigenvalue weighted by Crippen LogP contribution is -2.09. The van der Waals surface area contributed by atoms with Crippen LogP contribution in [0.1, 0.15) is 0 Å². The molecule has 0 amide bonds. The van der Waals surface area contributed by atoms with Crippen LogP contribution in [0.4, 0.5) is 17.1 Å². The molecule has 2 aromatic heterocycles. The lowest BCUT2D eigenvalue weighted by atomic mass is 10.1. The number of imidazole rings is 1. The maximum Gasteiger partial charge on any atom is 0.145 e. The molecule has 0 aliphatic carbocycles. The van der Waals surface area contributed by atoms with Gasteiger partial charge in [-0.25, -0.2) is 4.98 Å². The number of fused-ring (bicyclic) bond motifs is 4. The van der Waals surface area contributed by atoms with Crippen molar-refractivity contribution in [1.29, 1.82) is 0 Å². The van der Waals surface area contributed by atoms with Crippen LogP contribution in [-0.4, -0.2) is 14.1 Å². The Morgan fingerprint density at radius 3 is 1.64 bits per heavy atom. The Kier molecular flexibility index (Phi) is 6.43. The van der Waals surface area contributed by atoms with Crippen molar-refractivity contribution in [2.75, 3.05) is 4.90 Å². The Labute approximate surface area is 273 Å². The van der Waals surface area contributed by atoms with Gasteiger partial charge in [0, 0.05) is 44.8 Å². The summed E-state index contributed by atoms with van der Waals surface area (Å²) in [5.74, 6) is 0.922. The van der Waals surface area contributed by atoms with Gasteiger partial charge in [0.15, 0.2) is 0 Å². The van der Waals surface area contributed by atoms with E-state index in [0.717, 1.165) is 50.9 Å². The summed E-state index contributed by atoms with van der Waals surface area (Å²) in [5.41, 5.74) is 11.0. The minimum atomic E-state index is 0.922. The van der Waals surface area contributed by atoms with Gasteiger partial charge in [-0.1, -0.05) is 84.9 Å². The Morgan fingerprint density at radius 2 is 0.915 bits per heavy atom. The fourth-order valence-electron chi connectivity index (χ4n) is 6.80. The summed E-state index contributed by atoms with van der Waals surface area (Å²) in [6.45, 7) is 0. The third kappa shape index (κ3) is 4.58. The molecule has 9 aromatic rings. The summed E-state index contributed by atoms with van der Waals surface area (Å²) >= 11 is 0. The minimum absolute atomic E-state index is 0.922. The van der Waals surface area contributed by atoms with E-state index in [4.69, 9.17) is 4.98 Å². The van der Waals surface area contributed by atoms with Crippen LogP contribution >= 0.6 is 0 Å². The molecule has 0 saturated heterocycles. The van der Waals surface area contributed by atoms with Gasteiger partial charge in [0.25, 0.3) is 0 Å². The zero-order valence-corrected chi connectivity index (χ0v) is 25.6. The van der Waals surface area contributed by atoms with Crippen molar-refractivity contribution in [2.24, 2.45) is 0 Å². The standard InChI is InChI=1S/C43H30N4/c1-4-14-32(15-5-1)45(36-28-29-41-38(30-36)37-20-10-12-22-40(37)46(41)33-16-6-2-7-17-33)35-26-24-31(25-27-35)43-44-39-21-11-13-23-42(39)47(43)34-18-8-3-9-19-34/h1-30H. The monoisotopic (exact) mass is 602 g/mol. The number of hydrogen-bond acceptors (Lipinski definition) is 2. The van der Waals surface area contributed by atoms with Gasteiger partial charge in [-0.05, 0) is 97.1 Å². The first-order chi connectivity index (χ1) is 23.3. The van der Waals surface area contributed by atoms with E-state index < -0.39 is 0 Å². The average molecular weight is 603 g/mol. The Hall–Kier alpha value is -6.39. The first kappa shape index (κ1) is 27.0. The number of benzene rings is 7. The SMILES string of the molecule is c1ccc(N(c2ccc(-c3nc4ccccc4n3-c3ccccc3)cc2)c2ccc3c(c2)c2ccccc2n3-c2ccccc2)cc1. The summed E-state index contributed by atoms with van der Waals surface area (Å²) in [6, 6.07) is 64.2. The lowest BCUT2D eigenvalue weighted by molar-refractivity contribution is 1.10. The summed E-state index contributed by atoms with van der Waals surface area (Å²) in [4.78, 5) is 7.42. The Balaban J connectivity index is 1.19. The molecule has 47 heavy (non-hydrogen) atoms. The molecule has 7 aromatic carbocycles. The molecule has 0 aliphatic heterocycles. The first-order valence-corrected chi connectivity index (χ1v) is 15.9. The van der Waals surface area contributed by atoms with E-state index >= 15 is 0 Å². The predicted molar refractivity (Wildman–Crippen MR) is 196 cm³/mol. The van der Waals surface area contributed by atoms with Crippen LogP contribution in [0.25, 0.3) is 55.6 Å². The van der Waals surface area contributed by atoms with Crippen LogP contribution in [0.5, 0.6) is 0 Å². The summed E-state index contributed by atoms with van der Waals surface area (Å²) in [6.07, 6.45) is 0. The highest BCUT2D eigenvalue weighted by atomic mass is 15.1. The van der Waals surface area contributed by atoms with Crippen molar-refractivity contribution in [3.05, 3.63) is 182 Å². The zero-order valence-electron chi connectivity index (χ0n) is 25.6. The van der Waals surface area contributed by atoms with E-state index in [0.29, 0.717) is 0 Å². The number of hydrogen-bond donors (Lipinski definition) is 0. The van der Waals surface area contributed by atoms with Crippen molar-refractivity contribution in [2.45, 2.75) is 0 Å². The second-order valence-corrected chi connectivity index (χ2v) is 11.7. The molecule has 0 bridgehead atoms. The van der Waals surface area contributed by atoms with E-state index in [2.05, 4.69) is 184 Å². The minimum Gasteiger partial charge on any atom is -0.310 e. The highest BCUT2D eigenvalue weighted by molar-refractivity contribution is 6.10. The van der Waals surface area contributed by atoms with Crippen LogP contribution in [0.15, 0.2) is 182 Å². The van der Waals surface area contributed by atoms with Gasteiger partial charge >= 0.3 is 0 Å². The molecular formula is C43H30N4. The summed E-state index contributed by atoms with van der Waals surface area (Å²) in [5, 5.41) is 2.45. The Morgan fingerprint density at radius 1 is 0.383 bits per heavy atom. The Bertz CT molecular complexity index is 2490. The predicted octanol–water partition coefficient (Wildman–Crippen LogP) is 11.3. The molecule has 9 rings (SSSR count). The number of para-hydroxylation sites is 6. The van der Waals surface area contributed by atoms with Gasteiger partial charge in [-0.2, -0.15) is 0 Å². The highest BCUT2D eigenvalue weighted by Crippen LogP contribution is 2.40. The van der Waals surface area contributed by atoms with Crippen molar-refractivity contribution < 1.29 is 0 Å². The fourth-order valence-corrected chi connectivity index (χ4v) is 6.80. The quantitative estimate of drug-likeness (QED) is 0.189. The van der Waals surface area contributed by atoms with Gasteiger partial charge in [0.2, 0.25) is 0 Å². The molecule has 0 atom stereocenters. The number of rotatable bonds is 6. The molecule has 2 heterocycles. The molecule has 0 spiro atoms. The van der Waals surface area contributed by atoms with Gasteiger partial charge in [0.1, 0.15) is 5.82 Å². The van der Waals surface area contributed by atoms with Crippen LogP contribution in [0.3, 0.4) is 0 Å². The molecule has 0 unspecified atom stereocenters. The zero-order chi connectivity index (χ0) is 31.2. The number of nitrogens with zero attached hydrogens (tertiary/aromatic N) is 4. The summed E-state index contributed by atoms with van der Waals surface area (Å²) in [7, 11) is 0. The average Bonchev–Trinajstić information content (AvgIpc) is 3.69. The normalized spacial score (nSPS) is 11.4. The van der Waals surface area contributed by atoms with E-state index in [1.165, 1.54) is 21.8 Å². The molecule has 0 N–H and O–H groups in total. The van der Waals surface area contributed by atoms with E-state index in [1.54, 1.807) is 0 Å². The molecule has 0 radical (unpaired) electrons. The van der Waals surface area contributed by atoms with Gasteiger partial charge in [0.05, 0.1) is 22.1 Å². The summed E-state index contributed by atoms with van der Waals surface area (Å²) < 4.78 is 4.60. The molecule has 222 valence electrons. The first-order valence-electron chi connectivity index (χ1n) is 15.9. The van der Waals surface area contributed by atoms with Crippen LogP contribution < -0.4 is 4.90 Å². The third-order valence-electron chi connectivity index (χ3n) is 8.90. The highest BCUT2D eigenvalue weighted by Gasteiger charge is 2.19. The van der Waals surface area contributed by atoms with Crippen LogP contribution in [-0.2, 0) is 0 Å².